The first-order chi connectivity index (χ1) is 11.7. The molecule has 7 heteroatoms. The van der Waals surface area contributed by atoms with E-state index < -0.39 is 0 Å². The van der Waals surface area contributed by atoms with Crippen molar-refractivity contribution in [2.24, 2.45) is 0 Å². The van der Waals surface area contributed by atoms with Crippen LogP contribution >= 0.6 is 11.3 Å². The van der Waals surface area contributed by atoms with E-state index in [0.717, 1.165) is 22.4 Å². The molecule has 0 radical (unpaired) electrons. The minimum atomic E-state index is -0.348. The van der Waals surface area contributed by atoms with Gasteiger partial charge in [-0.05, 0) is 26.0 Å². The molecular weight excluding hydrogens is 324 g/mol. The van der Waals surface area contributed by atoms with Gasteiger partial charge in [-0.25, -0.2) is 14.8 Å². The molecule has 1 aromatic carbocycles. The van der Waals surface area contributed by atoms with Gasteiger partial charge in [-0.15, -0.1) is 11.3 Å². The minimum Gasteiger partial charge on any atom is -0.463 e. The number of carbonyl (C=O) groups is 1. The highest BCUT2D eigenvalue weighted by atomic mass is 32.1. The molecule has 1 atom stereocenters. The first-order valence-corrected chi connectivity index (χ1v) is 8.65. The monoisotopic (exact) mass is 340 g/mol. The summed E-state index contributed by atoms with van der Waals surface area (Å²) in [5, 5.41) is 5.20. The largest absolute Gasteiger partial charge is 0.463 e. The molecule has 24 heavy (non-hydrogen) atoms. The number of hydrogen-bond donors (Lipinski definition) is 1. The summed E-state index contributed by atoms with van der Waals surface area (Å²) in [5.74, 6) is 0.378. The van der Waals surface area contributed by atoms with Crippen molar-refractivity contribution in [1.29, 1.82) is 0 Å². The lowest BCUT2D eigenvalue weighted by Gasteiger charge is -2.28. The van der Waals surface area contributed by atoms with Gasteiger partial charge in [0.2, 0.25) is 5.95 Å². The van der Waals surface area contributed by atoms with Crippen molar-refractivity contribution in [1.82, 2.24) is 14.5 Å². The van der Waals surface area contributed by atoms with Crippen LogP contribution in [-0.2, 0) is 9.53 Å². The van der Waals surface area contributed by atoms with Crippen LogP contribution in [0.3, 0.4) is 0 Å². The predicted molar refractivity (Wildman–Crippen MR) is 92.9 cm³/mol. The smallest absolute Gasteiger partial charge is 0.338 e. The first-order valence-electron chi connectivity index (χ1n) is 7.70. The van der Waals surface area contributed by atoms with Gasteiger partial charge >= 0.3 is 5.97 Å². The molecule has 3 aromatic rings. The molecule has 0 amide bonds. The molecule has 0 saturated heterocycles. The zero-order valence-electron chi connectivity index (χ0n) is 13.3. The van der Waals surface area contributed by atoms with E-state index in [4.69, 9.17) is 4.74 Å². The molecule has 4 rings (SSSR count). The Morgan fingerprint density at radius 3 is 3.00 bits per heavy atom. The average molecular weight is 340 g/mol. The van der Waals surface area contributed by atoms with Gasteiger partial charge in [0.05, 0.1) is 34.4 Å². The molecule has 0 aliphatic carbocycles. The average Bonchev–Trinajstić information content (AvgIpc) is 3.21. The number of hydrogen-bond acceptors (Lipinski definition) is 6. The molecular formula is C17H16N4O2S. The van der Waals surface area contributed by atoms with Gasteiger partial charge in [-0.2, -0.15) is 0 Å². The number of carbonyl (C=O) groups excluding carboxylic acids is 1. The summed E-state index contributed by atoms with van der Waals surface area (Å²) in [5.41, 5.74) is 5.72. The lowest BCUT2D eigenvalue weighted by molar-refractivity contribution is -0.139. The van der Waals surface area contributed by atoms with Crippen LogP contribution in [0.4, 0.5) is 5.95 Å². The fourth-order valence-corrected chi connectivity index (χ4v) is 3.65. The Kier molecular flexibility index (Phi) is 3.57. The highest BCUT2D eigenvalue weighted by Crippen LogP contribution is 2.39. The van der Waals surface area contributed by atoms with Crippen LogP contribution in [0.25, 0.3) is 11.0 Å². The number of rotatable bonds is 3. The van der Waals surface area contributed by atoms with E-state index in [1.807, 2.05) is 41.1 Å². The summed E-state index contributed by atoms with van der Waals surface area (Å²) in [6.07, 6.45) is 0. The van der Waals surface area contributed by atoms with Gasteiger partial charge in [0, 0.05) is 11.1 Å². The Labute approximate surface area is 142 Å². The Morgan fingerprint density at radius 1 is 1.42 bits per heavy atom. The van der Waals surface area contributed by atoms with E-state index in [2.05, 4.69) is 15.3 Å². The molecule has 122 valence electrons. The molecule has 1 N–H and O–H groups in total. The third kappa shape index (κ3) is 2.20. The molecule has 1 aliphatic heterocycles. The normalized spacial score (nSPS) is 16.8. The van der Waals surface area contributed by atoms with Crippen molar-refractivity contribution >= 4 is 34.3 Å². The number of ether oxygens (including phenoxy) is 1. The van der Waals surface area contributed by atoms with Crippen molar-refractivity contribution in [3.05, 3.63) is 52.1 Å². The summed E-state index contributed by atoms with van der Waals surface area (Å²) in [7, 11) is 0. The van der Waals surface area contributed by atoms with E-state index in [1.54, 1.807) is 12.4 Å². The van der Waals surface area contributed by atoms with E-state index in [0.29, 0.717) is 18.1 Å². The van der Waals surface area contributed by atoms with Gasteiger partial charge in [0.15, 0.2) is 0 Å². The van der Waals surface area contributed by atoms with Crippen LogP contribution in [0.15, 0.2) is 46.4 Å². The molecule has 1 unspecified atom stereocenters. The number of fused-ring (bicyclic) bond motifs is 3. The van der Waals surface area contributed by atoms with Crippen molar-refractivity contribution in [3.63, 3.8) is 0 Å². The standard InChI is InChI=1S/C17H16N4O2S/c1-3-23-16(22)14-10(2)19-17-20-11-6-4-5-7-13(11)21(17)15(14)12-8-24-9-18-12/h4-9,15H,3H2,1-2H3,(H,19,20). The highest BCUT2D eigenvalue weighted by molar-refractivity contribution is 7.07. The van der Waals surface area contributed by atoms with Gasteiger partial charge in [0.25, 0.3) is 0 Å². The lowest BCUT2D eigenvalue weighted by atomic mass is 10.00. The zero-order valence-corrected chi connectivity index (χ0v) is 14.1. The predicted octanol–water partition coefficient (Wildman–Crippen LogP) is 3.34. The van der Waals surface area contributed by atoms with E-state index in [1.165, 1.54) is 11.3 Å². The van der Waals surface area contributed by atoms with Crippen LogP contribution in [0, 0.1) is 0 Å². The summed E-state index contributed by atoms with van der Waals surface area (Å²) < 4.78 is 7.31. The third-order valence-electron chi connectivity index (χ3n) is 4.06. The number of nitrogens with one attached hydrogen (secondary N) is 1. The number of imidazole rings is 1. The van der Waals surface area contributed by atoms with Crippen molar-refractivity contribution in [2.75, 3.05) is 11.9 Å². The first kappa shape index (κ1) is 14.9. The maximum atomic E-state index is 12.6. The quantitative estimate of drug-likeness (QED) is 0.741. The molecule has 1 aliphatic rings. The van der Waals surface area contributed by atoms with Crippen molar-refractivity contribution in [2.45, 2.75) is 19.9 Å². The Morgan fingerprint density at radius 2 is 2.25 bits per heavy atom. The Bertz CT molecular complexity index is 943. The summed E-state index contributed by atoms with van der Waals surface area (Å²) in [4.78, 5) is 21.7. The van der Waals surface area contributed by atoms with Gasteiger partial charge in [0.1, 0.15) is 6.04 Å². The fourth-order valence-electron chi connectivity index (χ4n) is 3.07. The van der Waals surface area contributed by atoms with Crippen LogP contribution in [0.5, 0.6) is 0 Å². The second-order valence-corrected chi connectivity index (χ2v) is 6.21. The Balaban J connectivity index is 1.97. The van der Waals surface area contributed by atoms with Crippen LogP contribution in [0.1, 0.15) is 25.6 Å². The summed E-state index contributed by atoms with van der Waals surface area (Å²) >= 11 is 1.50. The van der Waals surface area contributed by atoms with Gasteiger partial charge in [-0.1, -0.05) is 12.1 Å². The van der Waals surface area contributed by atoms with Gasteiger partial charge in [-0.3, -0.25) is 4.57 Å². The highest BCUT2D eigenvalue weighted by Gasteiger charge is 2.35. The van der Waals surface area contributed by atoms with Crippen molar-refractivity contribution < 1.29 is 9.53 Å². The minimum absolute atomic E-state index is 0.330. The number of anilines is 1. The molecule has 0 bridgehead atoms. The molecule has 0 spiro atoms. The Hall–Kier alpha value is -2.67. The third-order valence-corrected chi connectivity index (χ3v) is 4.66. The second-order valence-electron chi connectivity index (χ2n) is 5.49. The van der Waals surface area contributed by atoms with Crippen LogP contribution in [0.2, 0.25) is 0 Å². The van der Waals surface area contributed by atoms with Crippen LogP contribution < -0.4 is 5.32 Å². The number of esters is 1. The number of thiazole rings is 1. The topological polar surface area (TPSA) is 69.0 Å². The summed E-state index contributed by atoms with van der Waals surface area (Å²) in [6.45, 7) is 4.01. The van der Waals surface area contributed by atoms with E-state index in [9.17, 15) is 4.79 Å². The molecule has 0 fully saturated rings. The molecule has 6 nitrogen and oxygen atoms in total. The number of aromatic nitrogens is 3. The summed E-state index contributed by atoms with van der Waals surface area (Å²) in [6, 6.07) is 7.52. The second kappa shape index (κ2) is 5.76. The van der Waals surface area contributed by atoms with E-state index >= 15 is 0 Å². The van der Waals surface area contributed by atoms with Gasteiger partial charge < -0.3 is 10.1 Å². The van der Waals surface area contributed by atoms with Crippen molar-refractivity contribution in [3.8, 4) is 0 Å². The zero-order chi connectivity index (χ0) is 16.7. The maximum absolute atomic E-state index is 12.6. The number of nitrogens with zero attached hydrogens (tertiary/aromatic N) is 3. The molecule has 3 heterocycles. The number of allylic oxidation sites excluding steroid dienone is 1. The molecule has 2 aromatic heterocycles. The lowest BCUT2D eigenvalue weighted by Crippen LogP contribution is -2.29. The number of benzene rings is 1. The SMILES string of the molecule is CCOC(=O)C1=C(C)Nc2nc3ccccc3n2C1c1cscn1. The number of para-hydroxylation sites is 2. The van der Waals surface area contributed by atoms with Crippen LogP contribution in [-0.4, -0.2) is 27.1 Å². The molecule has 0 saturated carbocycles. The van der Waals surface area contributed by atoms with E-state index in [-0.39, 0.29) is 12.0 Å². The fraction of sp³-hybridized carbons (Fsp3) is 0.235. The maximum Gasteiger partial charge on any atom is 0.338 e.